The molecule has 0 aliphatic rings. The van der Waals surface area contributed by atoms with Gasteiger partial charge in [-0.2, -0.15) is 0 Å². The van der Waals surface area contributed by atoms with Gasteiger partial charge in [0.1, 0.15) is 0 Å². The van der Waals surface area contributed by atoms with Crippen molar-refractivity contribution < 1.29 is 30.0 Å². The normalized spacial score (nSPS) is 13.6. The van der Waals surface area contributed by atoms with Crippen LogP contribution in [-0.4, -0.2) is 116 Å². The average Bonchev–Trinajstić information content (AvgIpc) is 3.36. The predicted molar refractivity (Wildman–Crippen MR) is 322 cm³/mol. The van der Waals surface area contributed by atoms with Crippen LogP contribution >= 0.6 is 23.5 Å². The minimum Gasteiger partial charge on any atom is -0.392 e. The first kappa shape index (κ1) is 72.8. The molecule has 0 saturated carbocycles. The predicted octanol–water partition coefficient (Wildman–Crippen LogP) is 17.2. The van der Waals surface area contributed by atoms with E-state index >= 15 is 0 Å². The van der Waals surface area contributed by atoms with Gasteiger partial charge in [-0.3, -0.25) is 19.4 Å². The third-order valence-corrected chi connectivity index (χ3v) is 16.8. The minimum atomic E-state index is -0.460. The SMILES string of the molecule is CCCCCCCCCCCCC(O)CN(CCSC(=O)CC(=O)SCCN(CC(O)CCCCCCCCCCCC)CC(O)CCCCCCCCCCCC)CC(O)CCCCCCCCCCCC. The topological polar surface area (TPSA) is 122 Å². The number of unbranched alkanes of at least 4 members (excludes halogenated alkanes) is 36. The molecule has 0 aromatic carbocycles. The van der Waals surface area contributed by atoms with Crippen molar-refractivity contribution in [1.29, 1.82) is 0 Å². The van der Waals surface area contributed by atoms with Gasteiger partial charge in [-0.25, -0.2) is 0 Å². The Morgan fingerprint density at radius 2 is 0.479 bits per heavy atom. The van der Waals surface area contributed by atoms with Crippen LogP contribution in [0.1, 0.15) is 317 Å². The van der Waals surface area contributed by atoms with Crippen LogP contribution in [0, 0.1) is 0 Å². The van der Waals surface area contributed by atoms with E-state index in [0.717, 1.165) is 77.0 Å². The van der Waals surface area contributed by atoms with Gasteiger partial charge in [0, 0.05) is 50.8 Å². The maximum absolute atomic E-state index is 13.1. The molecule has 436 valence electrons. The highest BCUT2D eigenvalue weighted by atomic mass is 32.2. The number of hydrogen-bond donors (Lipinski definition) is 4. The van der Waals surface area contributed by atoms with Crippen molar-refractivity contribution in [3.8, 4) is 0 Å². The summed E-state index contributed by atoms with van der Waals surface area (Å²) >= 11 is 2.39. The van der Waals surface area contributed by atoms with Crippen molar-refractivity contribution in [3.05, 3.63) is 0 Å². The number of aliphatic hydroxyl groups is 4. The summed E-state index contributed by atoms with van der Waals surface area (Å²) in [6.45, 7) is 12.2. The van der Waals surface area contributed by atoms with Crippen LogP contribution in [0.5, 0.6) is 0 Å². The highest BCUT2D eigenvalue weighted by Crippen LogP contribution is 2.19. The lowest BCUT2D eigenvalue weighted by molar-refractivity contribution is -0.117. The van der Waals surface area contributed by atoms with Crippen LogP contribution in [-0.2, 0) is 9.59 Å². The van der Waals surface area contributed by atoms with Crippen LogP contribution in [0.15, 0.2) is 0 Å². The Balaban J connectivity index is 5.02. The third-order valence-electron chi connectivity index (χ3n) is 15.1. The molecular formula is C63H126N2O6S2. The molecule has 0 aromatic rings. The molecule has 4 unspecified atom stereocenters. The fraction of sp³-hybridized carbons (Fsp3) is 0.968. The molecule has 0 aliphatic heterocycles. The summed E-state index contributed by atoms with van der Waals surface area (Å²) in [4.78, 5) is 30.5. The zero-order chi connectivity index (χ0) is 53.5. The number of aliphatic hydroxyl groups excluding tert-OH is 4. The lowest BCUT2D eigenvalue weighted by Crippen LogP contribution is -2.39. The van der Waals surface area contributed by atoms with E-state index in [1.165, 1.54) is 229 Å². The molecule has 0 amide bonds. The fourth-order valence-corrected chi connectivity index (χ4v) is 12.1. The zero-order valence-electron chi connectivity index (χ0n) is 49.1. The van der Waals surface area contributed by atoms with Gasteiger partial charge in [-0.1, -0.05) is 308 Å². The largest absolute Gasteiger partial charge is 0.392 e. The van der Waals surface area contributed by atoms with Gasteiger partial charge in [-0.15, -0.1) is 0 Å². The summed E-state index contributed by atoms with van der Waals surface area (Å²) in [5.74, 6) is 1.04. The molecule has 10 heteroatoms. The number of carbonyl (C=O) groups is 2. The Hall–Kier alpha value is -0.200. The standard InChI is InChI=1S/C63H126N2O6S2/c1-5-9-13-17-21-25-29-33-37-41-45-58(66)54-64(55-59(67)46-42-38-34-30-26-22-18-14-10-6-2)49-51-72-62(70)53-63(71)73-52-50-65(56-60(68)47-43-39-35-31-27-23-19-15-11-7-3)57-61(69)48-44-40-36-32-28-24-20-16-12-8-4/h58-61,66-69H,5-57H2,1-4H3. The number of nitrogens with zero attached hydrogens (tertiary/aromatic N) is 2. The summed E-state index contributed by atoms with van der Waals surface area (Å²) in [5, 5.41) is 44.1. The first-order valence-corrected chi connectivity index (χ1v) is 34.1. The van der Waals surface area contributed by atoms with Crippen molar-refractivity contribution in [2.75, 3.05) is 50.8 Å². The molecule has 0 fully saturated rings. The third kappa shape index (κ3) is 54.9. The fourth-order valence-electron chi connectivity index (χ4n) is 10.3. The molecule has 0 bridgehead atoms. The van der Waals surface area contributed by atoms with Gasteiger partial charge in [0.25, 0.3) is 0 Å². The summed E-state index contributed by atoms with van der Waals surface area (Å²) in [7, 11) is 0. The average molecular weight is 1070 g/mol. The van der Waals surface area contributed by atoms with E-state index in [4.69, 9.17) is 0 Å². The van der Waals surface area contributed by atoms with Crippen molar-refractivity contribution in [3.63, 3.8) is 0 Å². The molecule has 0 aliphatic carbocycles. The second kappa shape index (κ2) is 58.0. The number of hydrogen-bond acceptors (Lipinski definition) is 10. The molecule has 0 radical (unpaired) electrons. The highest BCUT2D eigenvalue weighted by molar-refractivity contribution is 8.15. The lowest BCUT2D eigenvalue weighted by atomic mass is 10.0. The van der Waals surface area contributed by atoms with Gasteiger partial charge >= 0.3 is 0 Å². The first-order chi connectivity index (χ1) is 35.6. The molecule has 0 aromatic heterocycles. The van der Waals surface area contributed by atoms with Crippen LogP contribution < -0.4 is 0 Å². The Bertz CT molecular complexity index is 989. The smallest absolute Gasteiger partial charge is 0.197 e. The molecule has 4 atom stereocenters. The second-order valence-corrected chi connectivity index (χ2v) is 24.9. The van der Waals surface area contributed by atoms with Gasteiger partial charge < -0.3 is 20.4 Å². The van der Waals surface area contributed by atoms with Crippen molar-refractivity contribution >= 4 is 33.8 Å². The Morgan fingerprint density at radius 3 is 0.671 bits per heavy atom. The first-order valence-electron chi connectivity index (χ1n) is 32.1. The van der Waals surface area contributed by atoms with Crippen molar-refractivity contribution in [2.45, 2.75) is 341 Å². The summed E-state index contributed by atoms with van der Waals surface area (Å²) < 4.78 is 0. The van der Waals surface area contributed by atoms with Crippen molar-refractivity contribution in [1.82, 2.24) is 9.80 Å². The van der Waals surface area contributed by atoms with Crippen molar-refractivity contribution in [2.24, 2.45) is 0 Å². The molecule has 73 heavy (non-hydrogen) atoms. The van der Waals surface area contributed by atoms with Crippen LogP contribution in [0.3, 0.4) is 0 Å². The number of rotatable bonds is 60. The Labute approximate surface area is 463 Å². The van der Waals surface area contributed by atoms with Crippen LogP contribution in [0.4, 0.5) is 0 Å². The highest BCUT2D eigenvalue weighted by Gasteiger charge is 2.20. The quantitative estimate of drug-likeness (QED) is 0.0346. The maximum atomic E-state index is 13.1. The molecule has 0 spiro atoms. The molecule has 0 saturated heterocycles. The second-order valence-electron chi connectivity index (χ2n) is 22.6. The number of carbonyl (C=O) groups excluding carboxylic acids is 2. The van der Waals surface area contributed by atoms with E-state index in [9.17, 15) is 30.0 Å². The van der Waals surface area contributed by atoms with E-state index in [2.05, 4.69) is 37.5 Å². The van der Waals surface area contributed by atoms with Gasteiger partial charge in [-0.05, 0) is 25.7 Å². The van der Waals surface area contributed by atoms with Crippen LogP contribution in [0.25, 0.3) is 0 Å². The summed E-state index contributed by atoms with van der Waals surface area (Å²) in [6, 6.07) is 0. The van der Waals surface area contributed by atoms with E-state index in [1.54, 1.807) is 0 Å². The number of thioether (sulfide) groups is 2. The van der Waals surface area contributed by atoms with E-state index in [-0.39, 0.29) is 16.7 Å². The Kier molecular flexibility index (Phi) is 57.8. The molecule has 0 rings (SSSR count). The van der Waals surface area contributed by atoms with E-state index < -0.39 is 24.4 Å². The summed E-state index contributed by atoms with van der Waals surface area (Å²) in [6.07, 6.45) is 51.6. The van der Waals surface area contributed by atoms with Gasteiger partial charge in [0.05, 0.1) is 30.8 Å². The van der Waals surface area contributed by atoms with E-state index in [1.807, 2.05) is 0 Å². The van der Waals surface area contributed by atoms with Gasteiger partial charge in [0.15, 0.2) is 10.2 Å². The minimum absolute atomic E-state index is 0.124. The van der Waals surface area contributed by atoms with E-state index in [0.29, 0.717) is 50.8 Å². The summed E-state index contributed by atoms with van der Waals surface area (Å²) in [5.41, 5.74) is 0. The maximum Gasteiger partial charge on any atom is 0.197 e. The molecule has 4 N–H and O–H groups in total. The molecular weight excluding hydrogens is 945 g/mol. The Morgan fingerprint density at radius 1 is 0.301 bits per heavy atom. The molecule has 0 heterocycles. The zero-order valence-corrected chi connectivity index (χ0v) is 50.7. The lowest BCUT2D eigenvalue weighted by Gasteiger charge is -2.27. The monoisotopic (exact) mass is 1070 g/mol. The molecule has 8 nitrogen and oxygen atoms in total. The van der Waals surface area contributed by atoms with Crippen LogP contribution in [0.2, 0.25) is 0 Å². The van der Waals surface area contributed by atoms with Gasteiger partial charge in [0.2, 0.25) is 0 Å².